The van der Waals surface area contributed by atoms with Crippen LogP contribution in [0.25, 0.3) is 0 Å². The minimum atomic E-state index is 0.213. The summed E-state index contributed by atoms with van der Waals surface area (Å²) in [5.74, 6) is 0.561. The molecule has 0 unspecified atom stereocenters. The molecule has 1 heterocycles. The zero-order valence-electron chi connectivity index (χ0n) is 10.4. The first-order valence-corrected chi connectivity index (χ1v) is 6.58. The zero-order valence-corrected chi connectivity index (χ0v) is 12.0. The Morgan fingerprint density at radius 3 is 2.50 bits per heavy atom. The number of benzene rings is 1. The van der Waals surface area contributed by atoms with E-state index in [1.165, 1.54) is 17.3 Å². The summed E-state index contributed by atoms with van der Waals surface area (Å²) in [5, 5.41) is 0.817. The van der Waals surface area contributed by atoms with E-state index in [0.29, 0.717) is 11.1 Å². The second-order valence-electron chi connectivity index (χ2n) is 3.95. The molecule has 2 rings (SSSR count). The maximum atomic E-state index is 5.90. The van der Waals surface area contributed by atoms with Crippen LogP contribution in [-0.4, -0.2) is 29.0 Å². The maximum Gasteiger partial charge on any atom is 0.230 e. The van der Waals surface area contributed by atoms with Gasteiger partial charge in [-0.25, -0.2) is 0 Å². The summed E-state index contributed by atoms with van der Waals surface area (Å²) in [7, 11) is 3.74. The lowest BCUT2D eigenvalue weighted by Crippen LogP contribution is -2.13. The Labute approximate surface area is 115 Å². The SMILES string of the molecule is Cc1ccccc1Sc1nc(Cl)nc(N(C)C)n1. The summed E-state index contributed by atoms with van der Waals surface area (Å²) < 4.78 is 0. The molecule has 0 atom stereocenters. The molecule has 0 radical (unpaired) electrons. The van der Waals surface area contributed by atoms with Gasteiger partial charge in [0.25, 0.3) is 0 Å². The Balaban J connectivity index is 2.32. The normalized spacial score (nSPS) is 10.4. The van der Waals surface area contributed by atoms with Gasteiger partial charge in [0.1, 0.15) is 0 Å². The molecule has 0 aliphatic heterocycles. The van der Waals surface area contributed by atoms with Gasteiger partial charge in [-0.1, -0.05) is 18.2 Å². The number of hydrogen-bond acceptors (Lipinski definition) is 5. The molecule has 18 heavy (non-hydrogen) atoms. The van der Waals surface area contributed by atoms with E-state index >= 15 is 0 Å². The van der Waals surface area contributed by atoms with Crippen LogP contribution in [-0.2, 0) is 0 Å². The molecule has 94 valence electrons. The van der Waals surface area contributed by atoms with Crippen LogP contribution >= 0.6 is 23.4 Å². The van der Waals surface area contributed by atoms with Crippen molar-refractivity contribution in [2.45, 2.75) is 17.0 Å². The number of nitrogens with zero attached hydrogens (tertiary/aromatic N) is 4. The summed E-state index contributed by atoms with van der Waals surface area (Å²) in [6.45, 7) is 2.05. The first-order chi connectivity index (χ1) is 8.56. The zero-order chi connectivity index (χ0) is 13.1. The molecule has 0 amide bonds. The van der Waals surface area contributed by atoms with Crippen molar-refractivity contribution in [3.8, 4) is 0 Å². The quantitative estimate of drug-likeness (QED) is 0.864. The Bertz CT molecular complexity index is 560. The van der Waals surface area contributed by atoms with Crippen LogP contribution in [0.2, 0.25) is 5.28 Å². The standard InChI is InChI=1S/C12H13ClN4S/c1-8-6-4-5-7-9(8)18-12-15-10(13)14-11(16-12)17(2)3/h4-7H,1-3H3. The van der Waals surface area contributed by atoms with Gasteiger partial charge in [0.2, 0.25) is 11.2 Å². The molecule has 1 aromatic heterocycles. The molecule has 1 aromatic carbocycles. The van der Waals surface area contributed by atoms with Crippen LogP contribution < -0.4 is 4.90 Å². The van der Waals surface area contributed by atoms with Gasteiger partial charge in [0.05, 0.1) is 0 Å². The van der Waals surface area contributed by atoms with Crippen LogP contribution in [0.5, 0.6) is 0 Å². The van der Waals surface area contributed by atoms with E-state index in [0.717, 1.165) is 4.90 Å². The molecule has 0 saturated carbocycles. The van der Waals surface area contributed by atoms with Gasteiger partial charge in [-0.05, 0) is 41.9 Å². The third kappa shape index (κ3) is 3.11. The number of aromatic nitrogens is 3. The second kappa shape index (κ2) is 5.54. The molecule has 0 saturated heterocycles. The lowest BCUT2D eigenvalue weighted by Gasteiger charge is -2.11. The molecule has 2 aromatic rings. The van der Waals surface area contributed by atoms with E-state index in [1.54, 1.807) is 4.90 Å². The van der Waals surface area contributed by atoms with Gasteiger partial charge < -0.3 is 4.90 Å². The number of rotatable bonds is 3. The minimum Gasteiger partial charge on any atom is -0.347 e. The van der Waals surface area contributed by atoms with E-state index in [-0.39, 0.29) is 5.28 Å². The number of anilines is 1. The summed E-state index contributed by atoms with van der Waals surface area (Å²) in [6.07, 6.45) is 0. The van der Waals surface area contributed by atoms with Crippen LogP contribution in [0, 0.1) is 6.92 Å². The first kappa shape index (κ1) is 13.1. The number of halogens is 1. The molecule has 0 aliphatic rings. The van der Waals surface area contributed by atoms with Crippen molar-refractivity contribution in [1.29, 1.82) is 0 Å². The van der Waals surface area contributed by atoms with Gasteiger partial charge in [-0.15, -0.1) is 0 Å². The Morgan fingerprint density at radius 1 is 1.11 bits per heavy atom. The second-order valence-corrected chi connectivity index (χ2v) is 5.30. The van der Waals surface area contributed by atoms with Crippen LogP contribution in [0.15, 0.2) is 34.3 Å². The average Bonchev–Trinajstić information content (AvgIpc) is 2.31. The lowest BCUT2D eigenvalue weighted by molar-refractivity contribution is 0.865. The maximum absolute atomic E-state index is 5.90. The highest BCUT2D eigenvalue weighted by Gasteiger charge is 2.09. The highest BCUT2D eigenvalue weighted by molar-refractivity contribution is 7.99. The molecule has 0 fully saturated rings. The van der Waals surface area contributed by atoms with E-state index in [1.807, 2.05) is 32.3 Å². The smallest absolute Gasteiger partial charge is 0.230 e. The largest absolute Gasteiger partial charge is 0.347 e. The highest BCUT2D eigenvalue weighted by Crippen LogP contribution is 2.28. The van der Waals surface area contributed by atoms with Crippen LogP contribution in [0.4, 0.5) is 5.95 Å². The molecular formula is C12H13ClN4S. The van der Waals surface area contributed by atoms with Crippen molar-refractivity contribution in [2.24, 2.45) is 0 Å². The number of hydrogen-bond donors (Lipinski definition) is 0. The Morgan fingerprint density at radius 2 is 1.83 bits per heavy atom. The van der Waals surface area contributed by atoms with Crippen molar-refractivity contribution in [3.05, 3.63) is 35.1 Å². The fourth-order valence-corrected chi connectivity index (χ4v) is 2.37. The van der Waals surface area contributed by atoms with Crippen LogP contribution in [0.3, 0.4) is 0 Å². The van der Waals surface area contributed by atoms with Gasteiger partial charge in [-0.2, -0.15) is 15.0 Å². The minimum absolute atomic E-state index is 0.213. The van der Waals surface area contributed by atoms with Crippen molar-refractivity contribution in [1.82, 2.24) is 15.0 Å². The van der Waals surface area contributed by atoms with Crippen molar-refractivity contribution < 1.29 is 0 Å². The molecule has 0 spiro atoms. The third-order valence-electron chi connectivity index (χ3n) is 2.27. The third-order valence-corrected chi connectivity index (χ3v) is 3.48. The highest BCUT2D eigenvalue weighted by atomic mass is 35.5. The van der Waals surface area contributed by atoms with Gasteiger partial charge in [0.15, 0.2) is 5.16 Å². The summed E-state index contributed by atoms with van der Waals surface area (Å²) in [6, 6.07) is 8.08. The lowest BCUT2D eigenvalue weighted by atomic mass is 10.2. The first-order valence-electron chi connectivity index (χ1n) is 5.38. The molecule has 0 bridgehead atoms. The summed E-state index contributed by atoms with van der Waals surface area (Å²) in [4.78, 5) is 15.5. The van der Waals surface area contributed by atoms with Gasteiger partial charge >= 0.3 is 0 Å². The van der Waals surface area contributed by atoms with Crippen molar-refractivity contribution in [2.75, 3.05) is 19.0 Å². The predicted octanol–water partition coefficient (Wildman–Crippen LogP) is 3.05. The van der Waals surface area contributed by atoms with E-state index < -0.39 is 0 Å². The summed E-state index contributed by atoms with van der Waals surface area (Å²) in [5.41, 5.74) is 1.19. The number of aryl methyl sites for hydroxylation is 1. The molecule has 6 heteroatoms. The average molecular weight is 281 g/mol. The summed E-state index contributed by atoms with van der Waals surface area (Å²) >= 11 is 7.38. The Kier molecular flexibility index (Phi) is 4.04. The Hall–Kier alpha value is -1.33. The monoisotopic (exact) mass is 280 g/mol. The van der Waals surface area contributed by atoms with E-state index in [4.69, 9.17) is 11.6 Å². The van der Waals surface area contributed by atoms with Gasteiger partial charge in [-0.3, -0.25) is 0 Å². The van der Waals surface area contributed by atoms with Crippen LogP contribution in [0.1, 0.15) is 5.56 Å². The molecule has 0 aliphatic carbocycles. The van der Waals surface area contributed by atoms with Crippen molar-refractivity contribution in [3.63, 3.8) is 0 Å². The predicted molar refractivity (Wildman–Crippen MR) is 74.5 cm³/mol. The molecular weight excluding hydrogens is 268 g/mol. The topological polar surface area (TPSA) is 41.9 Å². The van der Waals surface area contributed by atoms with Gasteiger partial charge in [0, 0.05) is 19.0 Å². The van der Waals surface area contributed by atoms with Crippen molar-refractivity contribution >= 4 is 29.3 Å². The molecule has 0 N–H and O–H groups in total. The fraction of sp³-hybridized carbons (Fsp3) is 0.250. The van der Waals surface area contributed by atoms with E-state index in [9.17, 15) is 0 Å². The van der Waals surface area contributed by atoms with E-state index in [2.05, 4.69) is 27.9 Å². The molecule has 4 nitrogen and oxygen atoms in total. The fourth-order valence-electron chi connectivity index (χ4n) is 1.34.